The van der Waals surface area contributed by atoms with Gasteiger partial charge in [0.25, 0.3) is 0 Å². The number of hydrogen-bond acceptors (Lipinski definition) is 1. The van der Waals surface area contributed by atoms with Crippen molar-refractivity contribution in [3.05, 3.63) is 326 Å². The van der Waals surface area contributed by atoms with Crippen LogP contribution < -0.4 is 4.90 Å². The van der Waals surface area contributed by atoms with Gasteiger partial charge in [-0.2, -0.15) is 0 Å². The van der Waals surface area contributed by atoms with Gasteiger partial charge >= 0.3 is 0 Å². The molecule has 0 N–H and O–H groups in total. The molecule has 13 aromatic rings. The molecule has 0 fully saturated rings. The second-order valence-corrected chi connectivity index (χ2v) is 19.5. The van der Waals surface area contributed by atoms with E-state index in [4.69, 9.17) is 0 Å². The minimum absolute atomic E-state index is 0.511. The Labute approximate surface area is 438 Å². The summed E-state index contributed by atoms with van der Waals surface area (Å²) in [5.74, 6) is 0. The van der Waals surface area contributed by atoms with Crippen molar-refractivity contribution in [3.63, 3.8) is 0 Å². The molecule has 1 aromatic heterocycles. The maximum absolute atomic E-state index is 2.49. The lowest BCUT2D eigenvalue weighted by Gasteiger charge is -2.34. The topological polar surface area (TPSA) is 8.17 Å². The first kappa shape index (κ1) is 44.0. The van der Waals surface area contributed by atoms with Crippen LogP contribution in [-0.4, -0.2) is 4.57 Å². The first-order valence-electron chi connectivity index (χ1n) is 25.9. The number of rotatable bonds is 10. The summed E-state index contributed by atoms with van der Waals surface area (Å²) in [4.78, 5) is 2.49. The van der Waals surface area contributed by atoms with Crippen LogP contribution in [-0.2, 0) is 5.41 Å². The first-order valence-corrected chi connectivity index (χ1v) is 25.9. The van der Waals surface area contributed by atoms with E-state index < -0.39 is 5.41 Å². The smallest absolute Gasteiger partial charge is 0.0713 e. The minimum atomic E-state index is -0.511. The Balaban J connectivity index is 0.991. The summed E-state index contributed by atoms with van der Waals surface area (Å²) in [5.41, 5.74) is 23.2. The lowest BCUT2D eigenvalue weighted by molar-refractivity contribution is 0.768. The average Bonchev–Trinajstić information content (AvgIpc) is 4.10. The lowest BCUT2D eigenvalue weighted by atomic mass is 9.68. The number of aromatic nitrogens is 1. The van der Waals surface area contributed by atoms with E-state index in [1.807, 2.05) is 0 Å². The molecule has 0 amide bonds. The highest BCUT2D eigenvalue weighted by molar-refractivity contribution is 6.10. The molecule has 0 atom stereocenters. The normalized spacial score (nSPS) is 12.4. The molecule has 0 unspecified atom stereocenters. The molecule has 0 bridgehead atoms. The molecule has 0 spiro atoms. The van der Waals surface area contributed by atoms with Crippen molar-refractivity contribution in [2.45, 2.75) is 5.41 Å². The van der Waals surface area contributed by atoms with E-state index in [2.05, 4.69) is 313 Å². The Morgan fingerprint density at radius 3 is 1.48 bits per heavy atom. The van der Waals surface area contributed by atoms with Gasteiger partial charge in [0.05, 0.1) is 22.1 Å². The van der Waals surface area contributed by atoms with Crippen LogP contribution in [0.2, 0.25) is 0 Å². The zero-order valence-corrected chi connectivity index (χ0v) is 41.3. The Morgan fingerprint density at radius 1 is 0.267 bits per heavy atom. The molecule has 2 heteroatoms. The van der Waals surface area contributed by atoms with Crippen LogP contribution in [0.4, 0.5) is 17.1 Å². The van der Waals surface area contributed by atoms with E-state index >= 15 is 0 Å². The van der Waals surface area contributed by atoms with Crippen molar-refractivity contribution in [1.29, 1.82) is 0 Å². The molecule has 1 aliphatic rings. The molecule has 12 aromatic carbocycles. The average molecular weight is 955 g/mol. The SMILES string of the molecule is c1ccc(-c2ccccc2-c2ccccc2-c2ccccc2N(c2cccc(-c3ccc4c(c3)c3ccccc3n4-c3ccccc3)c2)c2ccc3c(c2)-c2ccccc2C3(c2ccccc2)c2ccccc2)cc1. The van der Waals surface area contributed by atoms with Gasteiger partial charge in [0.15, 0.2) is 0 Å². The van der Waals surface area contributed by atoms with E-state index in [1.165, 1.54) is 77.4 Å². The molecule has 1 aliphatic carbocycles. The van der Waals surface area contributed by atoms with Gasteiger partial charge in [0.2, 0.25) is 0 Å². The molecule has 2 nitrogen and oxygen atoms in total. The number of para-hydroxylation sites is 3. The first-order chi connectivity index (χ1) is 37.2. The molecule has 0 radical (unpaired) electrons. The minimum Gasteiger partial charge on any atom is -0.310 e. The summed E-state index contributed by atoms with van der Waals surface area (Å²) in [6.07, 6.45) is 0. The van der Waals surface area contributed by atoms with Crippen LogP contribution in [0.3, 0.4) is 0 Å². The maximum atomic E-state index is 2.49. The maximum Gasteiger partial charge on any atom is 0.0713 e. The van der Waals surface area contributed by atoms with Gasteiger partial charge in [-0.15, -0.1) is 0 Å². The fourth-order valence-electron chi connectivity index (χ4n) is 12.3. The number of benzene rings is 12. The quantitative estimate of drug-likeness (QED) is 0.133. The highest BCUT2D eigenvalue weighted by Gasteiger charge is 2.46. The van der Waals surface area contributed by atoms with Crippen LogP contribution >= 0.6 is 0 Å². The van der Waals surface area contributed by atoms with Gasteiger partial charge < -0.3 is 9.47 Å². The standard InChI is InChI=1S/C73H50N2/c1-5-24-51(25-6-1)59-34-13-14-35-60(59)61-36-15-16-37-62(61)64-39-18-21-42-70(64)74(57-33-23-26-52(48-57)53-44-47-72-67(49-53)65-40-19-22-43-71(65)75(72)56-31-11-4-12-32-56)58-45-46-69-66(50-58)63-38-17-20-41-68(63)73(69,54-27-7-2-8-28-54)55-29-9-3-10-30-55/h1-50H. The third-order valence-corrected chi connectivity index (χ3v) is 15.5. The largest absolute Gasteiger partial charge is 0.310 e. The van der Waals surface area contributed by atoms with Crippen LogP contribution in [0.25, 0.3) is 83.1 Å². The Bertz CT molecular complexity index is 4190. The second kappa shape index (κ2) is 18.4. The molecule has 1 heterocycles. The molecular formula is C73H50N2. The summed E-state index contributed by atoms with van der Waals surface area (Å²) in [7, 11) is 0. The predicted molar refractivity (Wildman–Crippen MR) is 315 cm³/mol. The summed E-state index contributed by atoms with van der Waals surface area (Å²) < 4.78 is 2.38. The van der Waals surface area contributed by atoms with E-state index in [0.29, 0.717) is 0 Å². The third-order valence-electron chi connectivity index (χ3n) is 15.5. The second-order valence-electron chi connectivity index (χ2n) is 19.5. The predicted octanol–water partition coefficient (Wildman–Crippen LogP) is 19.3. The van der Waals surface area contributed by atoms with Gasteiger partial charge in [0, 0.05) is 33.4 Å². The number of fused-ring (bicyclic) bond motifs is 6. The fraction of sp³-hybridized carbons (Fsp3) is 0.0137. The monoisotopic (exact) mass is 954 g/mol. The van der Waals surface area contributed by atoms with Crippen LogP contribution in [0.15, 0.2) is 303 Å². The van der Waals surface area contributed by atoms with Crippen molar-refractivity contribution in [2.75, 3.05) is 4.90 Å². The zero-order valence-electron chi connectivity index (χ0n) is 41.3. The van der Waals surface area contributed by atoms with Crippen LogP contribution in [0.1, 0.15) is 22.3 Å². The summed E-state index contributed by atoms with van der Waals surface area (Å²) in [6.45, 7) is 0. The number of hydrogen-bond donors (Lipinski definition) is 0. The summed E-state index contributed by atoms with van der Waals surface area (Å²) >= 11 is 0. The van der Waals surface area contributed by atoms with Gasteiger partial charge in [-0.05, 0) is 133 Å². The molecule has 0 aliphatic heterocycles. The molecule has 75 heavy (non-hydrogen) atoms. The molecule has 14 rings (SSSR count). The lowest BCUT2D eigenvalue weighted by Crippen LogP contribution is -2.28. The third kappa shape index (κ3) is 7.25. The Morgan fingerprint density at radius 2 is 0.760 bits per heavy atom. The Kier molecular flexibility index (Phi) is 10.8. The molecule has 0 saturated carbocycles. The highest BCUT2D eigenvalue weighted by Crippen LogP contribution is 2.57. The number of nitrogens with zero attached hydrogens (tertiary/aromatic N) is 2. The van der Waals surface area contributed by atoms with Gasteiger partial charge in [-0.1, -0.05) is 243 Å². The molecular weight excluding hydrogens is 905 g/mol. The van der Waals surface area contributed by atoms with Gasteiger partial charge in [-0.3, -0.25) is 0 Å². The molecule has 352 valence electrons. The van der Waals surface area contributed by atoms with Crippen molar-refractivity contribution in [3.8, 4) is 61.3 Å². The van der Waals surface area contributed by atoms with Crippen LogP contribution in [0.5, 0.6) is 0 Å². The molecule has 0 saturated heterocycles. The van der Waals surface area contributed by atoms with Crippen molar-refractivity contribution < 1.29 is 0 Å². The summed E-state index contributed by atoms with van der Waals surface area (Å²) in [5, 5.41) is 2.46. The number of anilines is 3. The van der Waals surface area contributed by atoms with E-state index in [0.717, 1.165) is 45.0 Å². The van der Waals surface area contributed by atoms with Crippen molar-refractivity contribution in [1.82, 2.24) is 4.57 Å². The van der Waals surface area contributed by atoms with Gasteiger partial charge in [-0.25, -0.2) is 0 Å². The van der Waals surface area contributed by atoms with E-state index in [-0.39, 0.29) is 0 Å². The highest BCUT2D eigenvalue weighted by atomic mass is 15.1. The van der Waals surface area contributed by atoms with Gasteiger partial charge in [0.1, 0.15) is 0 Å². The summed E-state index contributed by atoms with van der Waals surface area (Å²) in [6, 6.07) is 111. The van der Waals surface area contributed by atoms with E-state index in [9.17, 15) is 0 Å². The van der Waals surface area contributed by atoms with E-state index in [1.54, 1.807) is 0 Å². The fourth-order valence-corrected chi connectivity index (χ4v) is 12.3. The Hall–Kier alpha value is -9.76. The van der Waals surface area contributed by atoms with Crippen molar-refractivity contribution >= 4 is 38.9 Å². The van der Waals surface area contributed by atoms with Crippen LogP contribution in [0, 0.1) is 0 Å². The zero-order chi connectivity index (χ0) is 49.7. The van der Waals surface area contributed by atoms with Crippen molar-refractivity contribution in [2.24, 2.45) is 0 Å².